The molecule has 1 N–H and O–H groups in total. The Morgan fingerprint density at radius 2 is 2.19 bits per heavy atom. The summed E-state index contributed by atoms with van der Waals surface area (Å²) in [7, 11) is 1.73. The molecular formula is C17H23N3O. The lowest BCUT2D eigenvalue weighted by Gasteiger charge is -2.32. The summed E-state index contributed by atoms with van der Waals surface area (Å²) in [5.74, 6) is 1.24. The monoisotopic (exact) mass is 285 g/mol. The van der Waals surface area contributed by atoms with Crippen molar-refractivity contribution in [2.24, 2.45) is 0 Å². The number of aryl methyl sites for hydroxylation is 1. The highest BCUT2D eigenvalue weighted by Crippen LogP contribution is 2.41. The Morgan fingerprint density at radius 3 is 2.95 bits per heavy atom. The Labute approximate surface area is 126 Å². The summed E-state index contributed by atoms with van der Waals surface area (Å²) in [6.07, 6.45) is 3.98. The molecule has 2 aromatic rings. The van der Waals surface area contributed by atoms with Crippen molar-refractivity contribution in [2.75, 3.05) is 12.4 Å². The molecule has 0 saturated carbocycles. The van der Waals surface area contributed by atoms with Gasteiger partial charge in [0.25, 0.3) is 0 Å². The van der Waals surface area contributed by atoms with Gasteiger partial charge in [0.05, 0.1) is 19.0 Å². The summed E-state index contributed by atoms with van der Waals surface area (Å²) in [6.45, 7) is 5.34. The van der Waals surface area contributed by atoms with Gasteiger partial charge >= 0.3 is 0 Å². The van der Waals surface area contributed by atoms with Crippen LogP contribution in [0.3, 0.4) is 0 Å². The maximum atomic E-state index is 5.57. The predicted octanol–water partition coefficient (Wildman–Crippen LogP) is 3.64. The maximum Gasteiger partial charge on any atom is 0.160 e. The minimum atomic E-state index is 0.335. The number of methoxy groups -OCH3 is 1. The lowest BCUT2D eigenvalue weighted by atomic mass is 9.85. The Balaban J connectivity index is 2.10. The van der Waals surface area contributed by atoms with E-state index in [0.29, 0.717) is 12.0 Å². The Bertz CT molecular complexity index is 620. The summed E-state index contributed by atoms with van der Waals surface area (Å²) >= 11 is 0. The predicted molar refractivity (Wildman–Crippen MR) is 85.1 cm³/mol. The van der Waals surface area contributed by atoms with E-state index in [0.717, 1.165) is 25.1 Å². The molecule has 2 heterocycles. The van der Waals surface area contributed by atoms with Gasteiger partial charge < -0.3 is 10.1 Å². The van der Waals surface area contributed by atoms with E-state index in [2.05, 4.69) is 53.2 Å². The number of rotatable bonds is 4. The van der Waals surface area contributed by atoms with E-state index in [1.54, 1.807) is 7.11 Å². The van der Waals surface area contributed by atoms with Crippen molar-refractivity contribution in [3.8, 4) is 5.75 Å². The molecule has 0 saturated heterocycles. The first-order valence-corrected chi connectivity index (χ1v) is 7.69. The average Bonchev–Trinajstić information content (AvgIpc) is 2.89. The van der Waals surface area contributed by atoms with E-state index in [1.807, 2.05) is 6.20 Å². The van der Waals surface area contributed by atoms with E-state index in [9.17, 15) is 0 Å². The topological polar surface area (TPSA) is 39.1 Å². The second-order valence-electron chi connectivity index (χ2n) is 5.74. The molecule has 3 rings (SSSR count). The standard InChI is InChI=1S/C17H23N3O/c1-4-9-20-17(16(21-3)11-18-20)14-10-12(2)19-15-8-6-5-7-13(14)15/h5-8,11-12,14,19H,4,9-10H2,1-3H3. The fourth-order valence-electron chi connectivity index (χ4n) is 3.27. The largest absolute Gasteiger partial charge is 0.493 e. The third kappa shape index (κ3) is 2.50. The third-order valence-corrected chi connectivity index (χ3v) is 4.16. The highest BCUT2D eigenvalue weighted by atomic mass is 16.5. The van der Waals surface area contributed by atoms with Crippen molar-refractivity contribution in [3.63, 3.8) is 0 Å². The average molecular weight is 285 g/mol. The lowest BCUT2D eigenvalue weighted by Crippen LogP contribution is -2.27. The number of fused-ring (bicyclic) bond motifs is 1. The molecule has 0 spiro atoms. The van der Waals surface area contributed by atoms with Crippen LogP contribution in [-0.4, -0.2) is 22.9 Å². The molecule has 2 atom stereocenters. The summed E-state index contributed by atoms with van der Waals surface area (Å²) in [5, 5.41) is 8.09. The van der Waals surface area contributed by atoms with E-state index in [4.69, 9.17) is 4.74 Å². The highest BCUT2D eigenvalue weighted by molar-refractivity contribution is 5.58. The van der Waals surface area contributed by atoms with Crippen molar-refractivity contribution >= 4 is 5.69 Å². The van der Waals surface area contributed by atoms with Gasteiger partial charge in [-0.2, -0.15) is 5.10 Å². The van der Waals surface area contributed by atoms with E-state index >= 15 is 0 Å². The molecule has 0 amide bonds. The first-order chi connectivity index (χ1) is 10.2. The van der Waals surface area contributed by atoms with Crippen molar-refractivity contribution in [2.45, 2.75) is 45.2 Å². The molecule has 0 aliphatic carbocycles. The van der Waals surface area contributed by atoms with Gasteiger partial charge in [-0.1, -0.05) is 25.1 Å². The molecular weight excluding hydrogens is 262 g/mol. The van der Waals surface area contributed by atoms with Crippen LogP contribution in [0.5, 0.6) is 5.75 Å². The van der Waals surface area contributed by atoms with Crippen LogP contribution < -0.4 is 10.1 Å². The minimum absolute atomic E-state index is 0.335. The smallest absolute Gasteiger partial charge is 0.160 e. The molecule has 1 aromatic heterocycles. The molecule has 2 unspecified atom stereocenters. The van der Waals surface area contributed by atoms with Crippen LogP contribution in [0.2, 0.25) is 0 Å². The van der Waals surface area contributed by atoms with Gasteiger partial charge in [-0.3, -0.25) is 4.68 Å². The van der Waals surface area contributed by atoms with Crippen LogP contribution in [0.25, 0.3) is 0 Å². The van der Waals surface area contributed by atoms with Gasteiger partial charge in [-0.15, -0.1) is 0 Å². The van der Waals surface area contributed by atoms with Crippen LogP contribution in [0, 0.1) is 0 Å². The molecule has 1 aliphatic heterocycles. The fraction of sp³-hybridized carbons (Fsp3) is 0.471. The number of benzene rings is 1. The maximum absolute atomic E-state index is 5.57. The number of hydrogen-bond acceptors (Lipinski definition) is 3. The van der Waals surface area contributed by atoms with E-state index in [-0.39, 0.29) is 0 Å². The molecule has 112 valence electrons. The van der Waals surface area contributed by atoms with E-state index < -0.39 is 0 Å². The van der Waals surface area contributed by atoms with Gasteiger partial charge in [-0.05, 0) is 31.4 Å². The number of hydrogen-bond donors (Lipinski definition) is 1. The van der Waals surface area contributed by atoms with E-state index in [1.165, 1.54) is 16.9 Å². The quantitative estimate of drug-likeness (QED) is 0.932. The second kappa shape index (κ2) is 5.80. The first kappa shape index (κ1) is 14.0. The summed E-state index contributed by atoms with van der Waals surface area (Å²) in [5.41, 5.74) is 3.78. The number of ether oxygens (including phenoxy) is 1. The zero-order valence-electron chi connectivity index (χ0n) is 13.0. The summed E-state index contributed by atoms with van der Waals surface area (Å²) in [6, 6.07) is 9.00. The Kier molecular flexibility index (Phi) is 3.86. The molecule has 0 radical (unpaired) electrons. The van der Waals surface area contributed by atoms with Crippen molar-refractivity contribution in [1.82, 2.24) is 9.78 Å². The van der Waals surface area contributed by atoms with Gasteiger partial charge in [0, 0.05) is 24.2 Å². The normalized spacial score (nSPS) is 20.7. The van der Waals surface area contributed by atoms with Crippen LogP contribution in [0.1, 0.15) is 43.9 Å². The van der Waals surface area contributed by atoms with Gasteiger partial charge in [0.15, 0.2) is 5.75 Å². The summed E-state index contributed by atoms with van der Waals surface area (Å²) < 4.78 is 7.68. The SMILES string of the molecule is CCCn1ncc(OC)c1C1CC(C)Nc2ccccc21. The summed E-state index contributed by atoms with van der Waals surface area (Å²) in [4.78, 5) is 0. The van der Waals surface area contributed by atoms with Crippen molar-refractivity contribution in [3.05, 3.63) is 41.7 Å². The van der Waals surface area contributed by atoms with Crippen LogP contribution >= 0.6 is 0 Å². The van der Waals surface area contributed by atoms with Crippen LogP contribution in [0.4, 0.5) is 5.69 Å². The Morgan fingerprint density at radius 1 is 1.38 bits per heavy atom. The van der Waals surface area contributed by atoms with Crippen LogP contribution in [-0.2, 0) is 6.54 Å². The zero-order valence-corrected chi connectivity index (χ0v) is 13.0. The number of anilines is 1. The zero-order chi connectivity index (χ0) is 14.8. The van der Waals surface area contributed by atoms with Crippen molar-refractivity contribution in [1.29, 1.82) is 0 Å². The fourth-order valence-corrected chi connectivity index (χ4v) is 3.27. The number of nitrogens with zero attached hydrogens (tertiary/aromatic N) is 2. The number of nitrogens with one attached hydrogen (secondary N) is 1. The number of para-hydroxylation sites is 1. The molecule has 1 aliphatic rings. The molecule has 0 bridgehead atoms. The van der Waals surface area contributed by atoms with Crippen LogP contribution in [0.15, 0.2) is 30.5 Å². The van der Waals surface area contributed by atoms with Crippen molar-refractivity contribution < 1.29 is 4.74 Å². The minimum Gasteiger partial charge on any atom is -0.493 e. The molecule has 1 aromatic carbocycles. The molecule has 21 heavy (non-hydrogen) atoms. The third-order valence-electron chi connectivity index (χ3n) is 4.16. The first-order valence-electron chi connectivity index (χ1n) is 7.69. The van der Waals surface area contributed by atoms with Gasteiger partial charge in [-0.25, -0.2) is 0 Å². The second-order valence-corrected chi connectivity index (χ2v) is 5.74. The van der Waals surface area contributed by atoms with Gasteiger partial charge in [0.1, 0.15) is 0 Å². The van der Waals surface area contributed by atoms with Gasteiger partial charge in [0.2, 0.25) is 0 Å². The lowest BCUT2D eigenvalue weighted by molar-refractivity contribution is 0.400. The molecule has 4 nitrogen and oxygen atoms in total. The molecule has 0 fully saturated rings. The Hall–Kier alpha value is -1.97. The molecule has 4 heteroatoms. The number of aromatic nitrogens is 2. The highest BCUT2D eigenvalue weighted by Gasteiger charge is 2.30.